The van der Waals surface area contributed by atoms with E-state index in [9.17, 15) is 13.2 Å². The fourth-order valence-corrected chi connectivity index (χ4v) is 4.31. The molecule has 1 fully saturated rings. The predicted octanol–water partition coefficient (Wildman–Crippen LogP) is 3.60. The van der Waals surface area contributed by atoms with Crippen LogP contribution in [-0.4, -0.2) is 26.9 Å². The van der Waals surface area contributed by atoms with Crippen LogP contribution in [0.15, 0.2) is 57.9 Å². The maximum absolute atomic E-state index is 12.6. The van der Waals surface area contributed by atoms with Gasteiger partial charge in [-0.3, -0.25) is 4.79 Å². The molecule has 0 saturated heterocycles. The molecule has 0 spiro atoms. The Bertz CT molecular complexity index is 936. The van der Waals surface area contributed by atoms with E-state index in [1.54, 1.807) is 12.1 Å². The summed E-state index contributed by atoms with van der Waals surface area (Å²) >= 11 is 3.42. The Labute approximate surface area is 168 Å². The minimum absolute atomic E-state index is 0.0270. The van der Waals surface area contributed by atoms with Gasteiger partial charge in [0.15, 0.2) is 0 Å². The second-order valence-electron chi connectivity index (χ2n) is 7.50. The number of rotatable bonds is 7. The molecule has 27 heavy (non-hydrogen) atoms. The van der Waals surface area contributed by atoms with Crippen molar-refractivity contribution in [3.8, 4) is 0 Å². The zero-order valence-corrected chi connectivity index (χ0v) is 17.7. The van der Waals surface area contributed by atoms with E-state index in [1.807, 2.05) is 24.3 Å². The lowest BCUT2D eigenvalue weighted by Gasteiger charge is -2.25. The zero-order chi connectivity index (χ0) is 19.7. The minimum Gasteiger partial charge on any atom is -0.351 e. The summed E-state index contributed by atoms with van der Waals surface area (Å²) in [7, 11) is -3.58. The van der Waals surface area contributed by atoms with Crippen LogP contribution in [0.1, 0.15) is 42.6 Å². The molecule has 0 heterocycles. The van der Waals surface area contributed by atoms with Crippen molar-refractivity contribution in [2.45, 2.75) is 43.0 Å². The van der Waals surface area contributed by atoms with Crippen molar-refractivity contribution in [2.24, 2.45) is 0 Å². The molecule has 7 heteroatoms. The van der Waals surface area contributed by atoms with Gasteiger partial charge < -0.3 is 5.32 Å². The van der Waals surface area contributed by atoms with E-state index in [-0.39, 0.29) is 22.3 Å². The molecule has 2 aromatic rings. The zero-order valence-electron chi connectivity index (χ0n) is 15.3. The molecule has 1 amide bonds. The molecular formula is C20H23BrN2O3S. The van der Waals surface area contributed by atoms with E-state index in [0.29, 0.717) is 12.1 Å². The van der Waals surface area contributed by atoms with Crippen LogP contribution in [0, 0.1) is 0 Å². The van der Waals surface area contributed by atoms with Gasteiger partial charge in [0.05, 0.1) is 4.90 Å². The van der Waals surface area contributed by atoms with E-state index in [2.05, 4.69) is 39.8 Å². The molecular weight excluding hydrogens is 428 g/mol. The number of nitrogens with one attached hydrogen (secondary N) is 2. The van der Waals surface area contributed by atoms with Crippen molar-refractivity contribution in [1.82, 2.24) is 10.0 Å². The fourth-order valence-electron chi connectivity index (χ4n) is 2.70. The van der Waals surface area contributed by atoms with Crippen LogP contribution in [0.2, 0.25) is 0 Å². The molecule has 2 aromatic carbocycles. The lowest BCUT2D eigenvalue weighted by Crippen LogP contribution is -2.36. The smallest absolute Gasteiger partial charge is 0.251 e. The number of carbonyl (C=O) groups excluding carboxylic acids is 1. The average Bonchev–Trinajstić information content (AvgIpc) is 3.43. The molecule has 0 aliphatic heterocycles. The molecule has 5 nitrogen and oxygen atoms in total. The van der Waals surface area contributed by atoms with Gasteiger partial charge in [-0.05, 0) is 48.7 Å². The Balaban J connectivity index is 1.69. The molecule has 0 bridgehead atoms. The van der Waals surface area contributed by atoms with E-state index in [1.165, 1.54) is 12.1 Å². The van der Waals surface area contributed by atoms with Crippen molar-refractivity contribution < 1.29 is 13.2 Å². The van der Waals surface area contributed by atoms with E-state index in [4.69, 9.17) is 0 Å². The van der Waals surface area contributed by atoms with Crippen LogP contribution in [-0.2, 0) is 15.4 Å². The van der Waals surface area contributed by atoms with Gasteiger partial charge in [-0.2, -0.15) is 0 Å². The van der Waals surface area contributed by atoms with Crippen LogP contribution in [0.25, 0.3) is 0 Å². The Kier molecular flexibility index (Phi) is 5.74. The quantitative estimate of drug-likeness (QED) is 0.676. The van der Waals surface area contributed by atoms with Gasteiger partial charge in [0.1, 0.15) is 0 Å². The topological polar surface area (TPSA) is 75.3 Å². The first-order chi connectivity index (χ1) is 12.7. The number of benzene rings is 2. The molecule has 0 atom stereocenters. The predicted molar refractivity (Wildman–Crippen MR) is 109 cm³/mol. The first-order valence-corrected chi connectivity index (χ1v) is 11.1. The Morgan fingerprint density at radius 2 is 1.81 bits per heavy atom. The van der Waals surface area contributed by atoms with Crippen LogP contribution >= 0.6 is 15.9 Å². The highest BCUT2D eigenvalue weighted by Gasteiger charge is 2.28. The van der Waals surface area contributed by atoms with Crippen LogP contribution in [0.5, 0.6) is 0 Å². The maximum atomic E-state index is 12.6. The van der Waals surface area contributed by atoms with Gasteiger partial charge in [-0.15, -0.1) is 0 Å². The Morgan fingerprint density at radius 3 is 2.44 bits per heavy atom. The highest BCUT2D eigenvalue weighted by atomic mass is 79.9. The average molecular weight is 451 g/mol. The maximum Gasteiger partial charge on any atom is 0.251 e. The third-order valence-electron chi connectivity index (χ3n) is 4.62. The number of halogens is 1. The summed E-state index contributed by atoms with van der Waals surface area (Å²) in [5.74, 6) is -0.288. The van der Waals surface area contributed by atoms with Gasteiger partial charge in [0, 0.05) is 28.0 Å². The molecule has 0 aromatic heterocycles. The number of hydrogen-bond acceptors (Lipinski definition) is 3. The van der Waals surface area contributed by atoms with Crippen molar-refractivity contribution in [2.75, 3.05) is 6.54 Å². The molecule has 144 valence electrons. The van der Waals surface area contributed by atoms with Crippen molar-refractivity contribution in [1.29, 1.82) is 0 Å². The molecule has 1 saturated carbocycles. The molecule has 1 aliphatic carbocycles. The van der Waals surface area contributed by atoms with E-state index < -0.39 is 10.0 Å². The first kappa shape index (κ1) is 20.0. The van der Waals surface area contributed by atoms with Gasteiger partial charge in [-0.25, -0.2) is 13.1 Å². The second kappa shape index (κ2) is 7.73. The van der Waals surface area contributed by atoms with Gasteiger partial charge in [0.25, 0.3) is 5.91 Å². The van der Waals surface area contributed by atoms with Crippen molar-refractivity contribution >= 4 is 31.9 Å². The van der Waals surface area contributed by atoms with E-state index in [0.717, 1.165) is 22.9 Å². The monoisotopic (exact) mass is 450 g/mol. The summed E-state index contributed by atoms with van der Waals surface area (Å²) in [6, 6.07) is 14.2. The summed E-state index contributed by atoms with van der Waals surface area (Å²) in [5, 5.41) is 2.92. The number of sulfonamides is 1. The highest BCUT2D eigenvalue weighted by molar-refractivity contribution is 9.10. The molecule has 1 aliphatic rings. The molecule has 3 rings (SSSR count). The lowest BCUT2D eigenvalue weighted by molar-refractivity contribution is 0.0945. The number of amides is 1. The van der Waals surface area contributed by atoms with Crippen LogP contribution in [0.4, 0.5) is 0 Å². The number of hydrogen-bond donors (Lipinski definition) is 2. The molecule has 0 radical (unpaired) electrons. The normalized spacial score (nSPS) is 14.8. The standard InChI is InChI=1S/C20H23BrN2O3S/c1-20(2,15-6-8-16(21)9-7-15)13-22-19(24)14-4-3-5-18(12-14)27(25,26)23-17-10-11-17/h3-9,12,17,23H,10-11,13H2,1-2H3,(H,22,24). The number of carbonyl (C=O) groups is 1. The highest BCUT2D eigenvalue weighted by Crippen LogP contribution is 2.25. The lowest BCUT2D eigenvalue weighted by atomic mass is 9.84. The summed E-state index contributed by atoms with van der Waals surface area (Å²) in [6.45, 7) is 4.54. The molecule has 2 N–H and O–H groups in total. The van der Waals surface area contributed by atoms with Crippen LogP contribution < -0.4 is 10.0 Å². The summed E-state index contributed by atoms with van der Waals surface area (Å²) in [4.78, 5) is 12.7. The van der Waals surface area contributed by atoms with Crippen LogP contribution in [0.3, 0.4) is 0 Å². The molecule has 0 unspecified atom stereocenters. The van der Waals surface area contributed by atoms with Gasteiger partial charge in [-0.1, -0.05) is 48.0 Å². The van der Waals surface area contributed by atoms with Crippen molar-refractivity contribution in [3.63, 3.8) is 0 Å². The summed E-state index contributed by atoms with van der Waals surface area (Å²) in [5.41, 5.74) is 1.18. The fraction of sp³-hybridized carbons (Fsp3) is 0.350. The van der Waals surface area contributed by atoms with E-state index >= 15 is 0 Å². The summed E-state index contributed by atoms with van der Waals surface area (Å²) in [6.07, 6.45) is 1.73. The summed E-state index contributed by atoms with van der Waals surface area (Å²) < 4.78 is 28.3. The minimum atomic E-state index is -3.58. The largest absolute Gasteiger partial charge is 0.351 e. The second-order valence-corrected chi connectivity index (χ2v) is 10.1. The van der Waals surface area contributed by atoms with Gasteiger partial charge >= 0.3 is 0 Å². The third-order valence-corrected chi connectivity index (χ3v) is 6.67. The third kappa shape index (κ3) is 5.18. The van der Waals surface area contributed by atoms with Crippen molar-refractivity contribution in [3.05, 3.63) is 64.1 Å². The van der Waals surface area contributed by atoms with Gasteiger partial charge in [0.2, 0.25) is 10.0 Å². The first-order valence-electron chi connectivity index (χ1n) is 8.84. The Hall–Kier alpha value is -1.70. The SMILES string of the molecule is CC(C)(CNC(=O)c1cccc(S(=O)(=O)NC2CC2)c1)c1ccc(Br)cc1. The Morgan fingerprint density at radius 1 is 1.15 bits per heavy atom.